The molecule has 1 saturated carbocycles. The van der Waals surface area contributed by atoms with Crippen LogP contribution in [0.4, 0.5) is 0 Å². The second-order valence-electron chi connectivity index (χ2n) is 5.30. The van der Waals surface area contributed by atoms with Crippen LogP contribution in [0.1, 0.15) is 31.7 Å². The van der Waals surface area contributed by atoms with Crippen LogP contribution in [0.3, 0.4) is 0 Å². The van der Waals surface area contributed by atoms with Gasteiger partial charge in [0.05, 0.1) is 4.90 Å². The molecule has 0 spiro atoms. The van der Waals surface area contributed by atoms with E-state index >= 15 is 0 Å². The number of hydrogen-bond acceptors (Lipinski definition) is 3. The summed E-state index contributed by atoms with van der Waals surface area (Å²) in [5.41, 5.74) is 1.03. The maximum Gasteiger partial charge on any atom is 0.261 e. The van der Waals surface area contributed by atoms with Gasteiger partial charge in [0.25, 0.3) is 9.05 Å². The molecule has 0 bridgehead atoms. The molecule has 20 heavy (non-hydrogen) atoms. The molecule has 0 aliphatic heterocycles. The fourth-order valence-corrected chi connectivity index (χ4v) is 2.75. The number of nitrogens with one attached hydrogen (secondary N) is 1. The lowest BCUT2D eigenvalue weighted by atomic mass is 10.1. The number of amides is 1. The van der Waals surface area contributed by atoms with Gasteiger partial charge in [-0.3, -0.25) is 4.79 Å². The number of carbonyl (C=O) groups excluding carboxylic acids is 1. The van der Waals surface area contributed by atoms with E-state index in [0.29, 0.717) is 0 Å². The summed E-state index contributed by atoms with van der Waals surface area (Å²) in [6, 6.07) is 6.64. The van der Waals surface area contributed by atoms with Gasteiger partial charge in [0.2, 0.25) is 5.91 Å². The number of halogens is 1. The monoisotopic (exact) mass is 315 g/mol. The first kappa shape index (κ1) is 15.3. The van der Waals surface area contributed by atoms with E-state index in [4.69, 9.17) is 10.7 Å². The molecule has 1 amide bonds. The smallest absolute Gasteiger partial charge is 0.261 e. The lowest BCUT2D eigenvalue weighted by Crippen LogP contribution is -2.33. The Balaban J connectivity index is 1.82. The SMILES string of the molecule is CC(CCc1ccc(S(=O)(=O)Cl)cc1)NC(=O)C1CC1. The average molecular weight is 316 g/mol. The second kappa shape index (κ2) is 6.14. The van der Waals surface area contributed by atoms with Crippen molar-refractivity contribution >= 4 is 25.6 Å². The fourth-order valence-electron chi connectivity index (χ4n) is 1.98. The molecule has 1 aliphatic carbocycles. The van der Waals surface area contributed by atoms with Gasteiger partial charge < -0.3 is 5.32 Å². The van der Waals surface area contributed by atoms with Crippen molar-refractivity contribution in [2.45, 2.75) is 43.5 Å². The van der Waals surface area contributed by atoms with Crippen molar-refractivity contribution in [3.05, 3.63) is 29.8 Å². The molecule has 110 valence electrons. The topological polar surface area (TPSA) is 63.2 Å². The summed E-state index contributed by atoms with van der Waals surface area (Å²) >= 11 is 0. The van der Waals surface area contributed by atoms with Crippen molar-refractivity contribution in [1.82, 2.24) is 5.32 Å². The summed E-state index contributed by atoms with van der Waals surface area (Å²) in [7, 11) is 1.60. The highest BCUT2D eigenvalue weighted by molar-refractivity contribution is 8.13. The number of hydrogen-bond donors (Lipinski definition) is 1. The summed E-state index contributed by atoms with van der Waals surface area (Å²) in [5.74, 6) is 0.381. The minimum absolute atomic E-state index is 0.109. The molecular weight excluding hydrogens is 298 g/mol. The Kier molecular flexibility index (Phi) is 4.70. The van der Waals surface area contributed by atoms with E-state index in [1.165, 1.54) is 12.1 Å². The first-order valence-corrected chi connectivity index (χ1v) is 9.01. The lowest BCUT2D eigenvalue weighted by molar-refractivity contribution is -0.122. The molecule has 4 nitrogen and oxygen atoms in total. The second-order valence-corrected chi connectivity index (χ2v) is 7.87. The van der Waals surface area contributed by atoms with Crippen LogP contribution in [0.25, 0.3) is 0 Å². The fraction of sp³-hybridized carbons (Fsp3) is 0.500. The summed E-state index contributed by atoms with van der Waals surface area (Å²) in [4.78, 5) is 11.7. The summed E-state index contributed by atoms with van der Waals surface area (Å²) in [6.45, 7) is 1.98. The average Bonchev–Trinajstić information content (AvgIpc) is 3.20. The van der Waals surface area contributed by atoms with E-state index in [-0.39, 0.29) is 22.8 Å². The Bertz CT molecular complexity index is 579. The third-order valence-corrected chi connectivity index (χ3v) is 4.78. The van der Waals surface area contributed by atoms with E-state index < -0.39 is 9.05 Å². The van der Waals surface area contributed by atoms with Crippen LogP contribution in [0.15, 0.2) is 29.2 Å². The maximum absolute atomic E-state index is 11.6. The first-order chi connectivity index (χ1) is 9.36. The molecule has 1 fully saturated rings. The van der Waals surface area contributed by atoms with Crippen LogP contribution in [0.2, 0.25) is 0 Å². The van der Waals surface area contributed by atoms with Gasteiger partial charge in [0, 0.05) is 22.6 Å². The standard InChI is InChI=1S/C14H18ClNO3S/c1-10(16-14(17)12-6-7-12)2-3-11-4-8-13(9-5-11)20(15,18)19/h4-5,8-10,12H,2-3,6-7H2,1H3,(H,16,17). The Morgan fingerprint density at radius 1 is 1.35 bits per heavy atom. The highest BCUT2D eigenvalue weighted by Crippen LogP contribution is 2.29. The zero-order valence-electron chi connectivity index (χ0n) is 11.3. The van der Waals surface area contributed by atoms with E-state index in [9.17, 15) is 13.2 Å². The van der Waals surface area contributed by atoms with Gasteiger partial charge in [0.1, 0.15) is 0 Å². The molecule has 1 aromatic rings. The van der Waals surface area contributed by atoms with E-state index in [0.717, 1.165) is 31.2 Å². The van der Waals surface area contributed by atoms with Crippen LogP contribution in [-0.4, -0.2) is 20.4 Å². The Morgan fingerprint density at radius 3 is 2.45 bits per heavy atom. The van der Waals surface area contributed by atoms with Crippen molar-refractivity contribution in [2.75, 3.05) is 0 Å². The molecule has 1 atom stereocenters. The number of carbonyl (C=O) groups is 1. The van der Waals surface area contributed by atoms with Crippen LogP contribution >= 0.6 is 10.7 Å². The van der Waals surface area contributed by atoms with E-state index in [1.54, 1.807) is 12.1 Å². The molecule has 1 aromatic carbocycles. The third-order valence-electron chi connectivity index (χ3n) is 3.41. The van der Waals surface area contributed by atoms with Gasteiger partial charge >= 0.3 is 0 Å². The molecule has 1 aliphatic rings. The minimum Gasteiger partial charge on any atom is -0.353 e. The first-order valence-electron chi connectivity index (χ1n) is 6.70. The third kappa shape index (κ3) is 4.49. The van der Waals surface area contributed by atoms with Gasteiger partial charge in [-0.1, -0.05) is 12.1 Å². The molecule has 1 N–H and O–H groups in total. The van der Waals surface area contributed by atoms with Crippen LogP contribution in [0, 0.1) is 5.92 Å². The van der Waals surface area contributed by atoms with Crippen LogP contribution in [-0.2, 0) is 20.3 Å². The Labute approximate surface area is 123 Å². The minimum atomic E-state index is -3.65. The number of aryl methyl sites for hydroxylation is 1. The molecule has 0 heterocycles. The molecule has 1 unspecified atom stereocenters. The van der Waals surface area contributed by atoms with Crippen molar-refractivity contribution in [3.8, 4) is 0 Å². The zero-order valence-corrected chi connectivity index (χ0v) is 12.9. The van der Waals surface area contributed by atoms with Gasteiger partial charge in [-0.05, 0) is 50.3 Å². The molecule has 0 radical (unpaired) electrons. The van der Waals surface area contributed by atoms with E-state index in [2.05, 4.69) is 5.32 Å². The maximum atomic E-state index is 11.6. The Hall–Kier alpha value is -1.07. The molecule has 0 saturated heterocycles. The predicted molar refractivity (Wildman–Crippen MR) is 78.1 cm³/mol. The number of benzene rings is 1. The largest absolute Gasteiger partial charge is 0.353 e. The highest BCUT2D eigenvalue weighted by Gasteiger charge is 2.30. The van der Waals surface area contributed by atoms with Crippen LogP contribution < -0.4 is 5.32 Å². The Morgan fingerprint density at radius 2 is 1.95 bits per heavy atom. The zero-order chi connectivity index (χ0) is 14.8. The molecule has 6 heteroatoms. The summed E-state index contributed by atoms with van der Waals surface area (Å²) in [5, 5.41) is 2.99. The van der Waals surface area contributed by atoms with Gasteiger partial charge in [-0.15, -0.1) is 0 Å². The van der Waals surface area contributed by atoms with Crippen molar-refractivity contribution in [3.63, 3.8) is 0 Å². The molecule has 0 aromatic heterocycles. The lowest BCUT2D eigenvalue weighted by Gasteiger charge is -2.13. The highest BCUT2D eigenvalue weighted by atomic mass is 35.7. The van der Waals surface area contributed by atoms with Crippen molar-refractivity contribution in [2.24, 2.45) is 5.92 Å². The van der Waals surface area contributed by atoms with Gasteiger partial charge in [-0.25, -0.2) is 8.42 Å². The summed E-state index contributed by atoms with van der Waals surface area (Å²) < 4.78 is 22.2. The van der Waals surface area contributed by atoms with Gasteiger partial charge in [-0.2, -0.15) is 0 Å². The van der Waals surface area contributed by atoms with Gasteiger partial charge in [0.15, 0.2) is 0 Å². The number of rotatable bonds is 6. The van der Waals surface area contributed by atoms with Crippen molar-refractivity contribution < 1.29 is 13.2 Å². The van der Waals surface area contributed by atoms with E-state index in [1.807, 2.05) is 6.92 Å². The normalized spacial score (nSPS) is 16.7. The van der Waals surface area contributed by atoms with Crippen LogP contribution in [0.5, 0.6) is 0 Å². The molecular formula is C14H18ClNO3S. The predicted octanol–water partition coefficient (Wildman–Crippen LogP) is 2.46. The van der Waals surface area contributed by atoms with Crippen molar-refractivity contribution in [1.29, 1.82) is 0 Å². The molecule has 2 rings (SSSR count). The quantitative estimate of drug-likeness (QED) is 0.820. The summed E-state index contributed by atoms with van der Waals surface area (Å²) in [6.07, 6.45) is 3.62.